The highest BCUT2D eigenvalue weighted by atomic mass is 32.2. The normalized spacial score (nSPS) is 21.2. The van der Waals surface area contributed by atoms with Gasteiger partial charge in [0.2, 0.25) is 27.7 Å². The summed E-state index contributed by atoms with van der Waals surface area (Å²) in [4.78, 5) is 33.9. The van der Waals surface area contributed by atoms with Crippen LogP contribution in [0.1, 0.15) is 91.7 Å². The molecular weight excluding hydrogens is 687 g/mol. The molecule has 49 heavy (non-hydrogen) atoms. The summed E-state index contributed by atoms with van der Waals surface area (Å²) in [5.74, 6) is 3.02. The Morgan fingerprint density at radius 1 is 1.12 bits per heavy atom. The van der Waals surface area contributed by atoms with Crippen molar-refractivity contribution in [3.05, 3.63) is 24.0 Å². The maximum absolute atomic E-state index is 12.9. The minimum Gasteiger partial charge on any atom is -0.444 e. The summed E-state index contributed by atoms with van der Waals surface area (Å²) in [7, 11) is -3.50. The number of nitrogens with one attached hydrogen (secondary N) is 2. The fourth-order valence-corrected chi connectivity index (χ4v) is 9.26. The lowest BCUT2D eigenvalue weighted by atomic mass is 9.75. The van der Waals surface area contributed by atoms with Gasteiger partial charge in [-0.05, 0) is 49.9 Å². The Balaban J connectivity index is 1.06. The molecule has 2 N–H and O–H groups in total. The maximum atomic E-state index is 12.9. The first kappa shape index (κ1) is 39.7. The van der Waals surface area contributed by atoms with Crippen molar-refractivity contribution in [1.82, 2.24) is 19.6 Å². The van der Waals surface area contributed by atoms with Gasteiger partial charge in [-0.15, -0.1) is 11.8 Å². The average Bonchev–Trinajstić information content (AvgIpc) is 3.72. The van der Waals surface area contributed by atoms with Crippen LogP contribution in [0.15, 0.2) is 21.0 Å². The van der Waals surface area contributed by atoms with E-state index in [9.17, 15) is 18.0 Å². The number of rotatable bonds is 17. The van der Waals surface area contributed by atoms with E-state index >= 15 is 0 Å². The second-order valence-electron chi connectivity index (χ2n) is 14.6. The highest BCUT2D eigenvalue weighted by Gasteiger charge is 2.33. The van der Waals surface area contributed by atoms with Crippen molar-refractivity contribution in [3.8, 4) is 0 Å². The molecule has 4 rings (SSSR count). The fraction of sp³-hybridized carbons (Fsp3) is 0.765. The van der Waals surface area contributed by atoms with Gasteiger partial charge >= 0.3 is 0 Å². The number of carbonyl (C=O) groups excluding carboxylic acids is 2. The van der Waals surface area contributed by atoms with Crippen LogP contribution in [0, 0.1) is 23.7 Å². The Morgan fingerprint density at radius 3 is 2.57 bits per heavy atom. The first-order valence-corrected chi connectivity index (χ1v) is 20.9. The minimum absolute atomic E-state index is 0.0626. The number of hydrogen-bond acceptors (Lipinski definition) is 11. The molecule has 12 nitrogen and oxygen atoms in total. The van der Waals surface area contributed by atoms with Gasteiger partial charge in [0.15, 0.2) is 5.13 Å². The topological polar surface area (TPSA) is 153 Å². The van der Waals surface area contributed by atoms with Crippen LogP contribution in [-0.2, 0) is 40.3 Å². The predicted octanol–water partition coefficient (Wildman–Crippen LogP) is 5.70. The standard InChI is InChI=1S/C34H55N5O7S3/c1-23(2)26-9-8-24(3)18-27(26)45-21-29(40)35-12-7-15-44-16-17-49(42,43)39-13-10-25(11-14-39)32(41)38-33-37-20-31(48-33)47-22-30-36-19-28(46-30)34(4,5)6/h19-20,23-27H,7-18,21-22H2,1-6H3,(H,35,40)(H,37,38,41)/t24-,26+,27-/m1/s1. The summed E-state index contributed by atoms with van der Waals surface area (Å²) in [6.07, 6.45) is 8.45. The van der Waals surface area contributed by atoms with Crippen molar-refractivity contribution in [2.75, 3.05) is 50.5 Å². The molecule has 0 aromatic carbocycles. The summed E-state index contributed by atoms with van der Waals surface area (Å²) >= 11 is 2.94. The van der Waals surface area contributed by atoms with Gasteiger partial charge in [0, 0.05) is 37.6 Å². The SMILES string of the molecule is CC(C)[C@@H]1CC[C@@H](C)C[C@H]1OCC(=O)NCCCOCCS(=O)(=O)N1CCC(C(=O)Nc2ncc(SCc3ncc(C(C)(C)C)o3)s2)CC1. The molecule has 1 aliphatic carbocycles. The third-order valence-corrected chi connectivity index (χ3v) is 13.2. The van der Waals surface area contributed by atoms with E-state index in [1.165, 1.54) is 22.1 Å². The molecule has 0 bridgehead atoms. The first-order chi connectivity index (χ1) is 23.2. The molecule has 1 saturated carbocycles. The van der Waals surface area contributed by atoms with Crippen molar-refractivity contribution in [2.24, 2.45) is 23.7 Å². The highest BCUT2D eigenvalue weighted by molar-refractivity contribution is 8.00. The van der Waals surface area contributed by atoms with E-state index in [0.717, 1.165) is 22.8 Å². The lowest BCUT2D eigenvalue weighted by Gasteiger charge is -2.37. The molecule has 0 radical (unpaired) electrons. The predicted molar refractivity (Wildman–Crippen MR) is 193 cm³/mol. The van der Waals surface area contributed by atoms with Gasteiger partial charge in [-0.25, -0.2) is 22.7 Å². The van der Waals surface area contributed by atoms with Gasteiger partial charge in [0.25, 0.3) is 0 Å². The second-order valence-corrected chi connectivity index (χ2v) is 19.0. The molecule has 0 spiro atoms. The lowest BCUT2D eigenvalue weighted by molar-refractivity contribution is -0.131. The van der Waals surface area contributed by atoms with Crippen LogP contribution in [0.3, 0.4) is 0 Å². The van der Waals surface area contributed by atoms with Crippen LogP contribution < -0.4 is 10.6 Å². The van der Waals surface area contributed by atoms with E-state index < -0.39 is 10.0 Å². The third kappa shape index (κ3) is 12.6. The van der Waals surface area contributed by atoms with Gasteiger partial charge in [-0.1, -0.05) is 59.3 Å². The number of piperidine rings is 1. The van der Waals surface area contributed by atoms with E-state index in [4.69, 9.17) is 13.9 Å². The Bertz CT molecular complexity index is 1450. The number of sulfonamides is 1. The molecule has 3 heterocycles. The number of oxazole rings is 1. The Morgan fingerprint density at radius 2 is 1.88 bits per heavy atom. The number of carbonyl (C=O) groups is 2. The minimum atomic E-state index is -3.50. The monoisotopic (exact) mass is 741 g/mol. The molecule has 2 aromatic heterocycles. The summed E-state index contributed by atoms with van der Waals surface area (Å²) in [6.45, 7) is 14.4. The van der Waals surface area contributed by atoms with E-state index in [0.29, 0.717) is 66.9 Å². The lowest BCUT2D eigenvalue weighted by Crippen LogP contribution is -2.43. The number of hydrogen-bond donors (Lipinski definition) is 2. The van der Waals surface area contributed by atoms with Gasteiger partial charge in [0.1, 0.15) is 12.4 Å². The van der Waals surface area contributed by atoms with Gasteiger partial charge in [-0.2, -0.15) is 0 Å². The van der Waals surface area contributed by atoms with Crippen LogP contribution in [0.25, 0.3) is 0 Å². The Hall–Kier alpha value is -2.04. The zero-order valence-corrected chi connectivity index (χ0v) is 32.3. The van der Waals surface area contributed by atoms with E-state index in [1.807, 2.05) is 0 Å². The summed E-state index contributed by atoms with van der Waals surface area (Å²) in [5.41, 5.74) is -0.101. The maximum Gasteiger partial charge on any atom is 0.246 e. The number of nitrogens with zero attached hydrogens (tertiary/aromatic N) is 3. The molecule has 2 aliphatic rings. The van der Waals surface area contributed by atoms with E-state index in [1.54, 1.807) is 24.2 Å². The van der Waals surface area contributed by atoms with Crippen molar-refractivity contribution < 1.29 is 31.9 Å². The van der Waals surface area contributed by atoms with Crippen LogP contribution >= 0.6 is 23.1 Å². The molecule has 3 atom stereocenters. The van der Waals surface area contributed by atoms with Crippen LogP contribution in [-0.4, -0.2) is 85.8 Å². The zero-order chi connectivity index (χ0) is 35.6. The first-order valence-electron chi connectivity index (χ1n) is 17.5. The van der Waals surface area contributed by atoms with Crippen LogP contribution in [0.5, 0.6) is 0 Å². The molecule has 276 valence electrons. The number of amides is 2. The largest absolute Gasteiger partial charge is 0.444 e. The molecule has 1 aliphatic heterocycles. The summed E-state index contributed by atoms with van der Waals surface area (Å²) < 4.78 is 45.6. The molecule has 0 unspecified atom stereocenters. The Labute approximate surface area is 300 Å². The highest BCUT2D eigenvalue weighted by Crippen LogP contribution is 2.35. The number of thiazole rings is 1. The van der Waals surface area contributed by atoms with Crippen molar-refractivity contribution in [3.63, 3.8) is 0 Å². The number of ether oxygens (including phenoxy) is 2. The van der Waals surface area contributed by atoms with Crippen LogP contribution in [0.4, 0.5) is 5.13 Å². The smallest absolute Gasteiger partial charge is 0.246 e. The van der Waals surface area contributed by atoms with Crippen LogP contribution in [0.2, 0.25) is 0 Å². The molecule has 2 fully saturated rings. The molecular formula is C34H55N5O7S3. The van der Waals surface area contributed by atoms with Gasteiger partial charge in [-0.3, -0.25) is 9.59 Å². The zero-order valence-electron chi connectivity index (χ0n) is 29.9. The van der Waals surface area contributed by atoms with Crippen molar-refractivity contribution in [1.29, 1.82) is 0 Å². The second kappa shape index (κ2) is 18.5. The molecule has 1 saturated heterocycles. The van der Waals surface area contributed by atoms with E-state index in [2.05, 4.69) is 62.1 Å². The van der Waals surface area contributed by atoms with Crippen molar-refractivity contribution >= 4 is 50.1 Å². The number of anilines is 1. The van der Waals surface area contributed by atoms with Gasteiger partial charge in [0.05, 0.1) is 40.8 Å². The molecule has 2 aromatic rings. The molecule has 15 heteroatoms. The fourth-order valence-electron chi connectivity index (χ4n) is 6.18. The van der Waals surface area contributed by atoms with Crippen molar-refractivity contribution in [2.45, 2.75) is 102 Å². The summed E-state index contributed by atoms with van der Waals surface area (Å²) in [5, 5.41) is 6.28. The third-order valence-electron chi connectivity index (χ3n) is 9.23. The molecule has 2 amide bonds. The summed E-state index contributed by atoms with van der Waals surface area (Å²) in [6, 6.07) is 0. The number of aromatic nitrogens is 2. The Kier molecular flexibility index (Phi) is 15.0. The number of thioether (sulfide) groups is 1. The quantitative estimate of drug-likeness (QED) is 0.153. The average molecular weight is 742 g/mol. The van der Waals surface area contributed by atoms with E-state index in [-0.39, 0.29) is 61.3 Å². The van der Waals surface area contributed by atoms with Gasteiger partial charge < -0.3 is 24.5 Å².